The highest BCUT2D eigenvalue weighted by Crippen LogP contribution is 2.43. The first-order valence-corrected chi connectivity index (χ1v) is 13.4. The van der Waals surface area contributed by atoms with Gasteiger partial charge in [0.05, 0.1) is 19.3 Å². The van der Waals surface area contributed by atoms with Crippen LogP contribution < -0.4 is 9.64 Å². The zero-order chi connectivity index (χ0) is 25.5. The van der Waals surface area contributed by atoms with Crippen LogP contribution >= 0.6 is 0 Å². The lowest BCUT2D eigenvalue weighted by molar-refractivity contribution is -0.124. The van der Waals surface area contributed by atoms with E-state index in [9.17, 15) is 18.0 Å². The van der Waals surface area contributed by atoms with Gasteiger partial charge in [-0.1, -0.05) is 51.1 Å². The molecule has 1 amide bonds. The van der Waals surface area contributed by atoms with Crippen molar-refractivity contribution in [1.82, 2.24) is 0 Å². The Morgan fingerprint density at radius 3 is 2.29 bits per heavy atom. The monoisotopic (exact) mass is 491 g/mol. The Hall–Kier alpha value is -3.45. The molecule has 0 aromatic heterocycles. The van der Waals surface area contributed by atoms with E-state index in [0.29, 0.717) is 5.69 Å². The molecular weight excluding hydrogens is 462 g/mol. The van der Waals surface area contributed by atoms with E-state index in [4.69, 9.17) is 4.74 Å². The Morgan fingerprint density at radius 1 is 0.971 bits per heavy atom. The standard InChI is InChI=1S/C28H29NO5S/c1-28(2,3)25-15-22(29-11-10-23(30)16-26(29)31)14-24(27(25)34-4)21-9-8-19-12-18(17-35(5,32)33)6-7-20(19)13-21/h6-15H,16-17H2,1-5H3. The Morgan fingerprint density at radius 2 is 1.66 bits per heavy atom. The number of ketones is 1. The van der Waals surface area contributed by atoms with Gasteiger partial charge in [-0.25, -0.2) is 8.42 Å². The number of methoxy groups -OCH3 is 1. The average molecular weight is 492 g/mol. The topological polar surface area (TPSA) is 80.8 Å². The summed E-state index contributed by atoms with van der Waals surface area (Å²) < 4.78 is 29.3. The van der Waals surface area contributed by atoms with E-state index in [1.54, 1.807) is 7.11 Å². The van der Waals surface area contributed by atoms with Gasteiger partial charge >= 0.3 is 0 Å². The zero-order valence-corrected chi connectivity index (χ0v) is 21.4. The summed E-state index contributed by atoms with van der Waals surface area (Å²) in [5.41, 5.74) is 3.81. The molecule has 0 saturated carbocycles. The molecule has 3 aromatic rings. The van der Waals surface area contributed by atoms with Gasteiger partial charge in [-0.3, -0.25) is 14.5 Å². The summed E-state index contributed by atoms with van der Waals surface area (Å²) in [7, 11) is -1.49. The number of hydrogen-bond donors (Lipinski definition) is 0. The quantitative estimate of drug-likeness (QED) is 0.460. The number of ether oxygens (including phenoxy) is 1. The molecule has 0 bridgehead atoms. The summed E-state index contributed by atoms with van der Waals surface area (Å²) in [5, 5.41) is 1.90. The molecule has 0 N–H and O–H groups in total. The Kier molecular flexibility index (Phi) is 6.32. The van der Waals surface area contributed by atoms with Crippen molar-refractivity contribution in [1.29, 1.82) is 0 Å². The fraction of sp³-hybridized carbons (Fsp3) is 0.286. The van der Waals surface area contributed by atoms with E-state index in [-0.39, 0.29) is 29.3 Å². The summed E-state index contributed by atoms with van der Waals surface area (Å²) in [4.78, 5) is 25.9. The van der Waals surface area contributed by atoms with Gasteiger partial charge in [0.2, 0.25) is 5.91 Å². The number of carbonyl (C=O) groups is 2. The molecule has 6 nitrogen and oxygen atoms in total. The van der Waals surface area contributed by atoms with Gasteiger partial charge in [0.15, 0.2) is 15.6 Å². The normalized spacial score (nSPS) is 14.6. The van der Waals surface area contributed by atoms with E-state index in [2.05, 4.69) is 20.8 Å². The average Bonchev–Trinajstić information content (AvgIpc) is 2.76. The van der Waals surface area contributed by atoms with Gasteiger partial charge < -0.3 is 4.74 Å². The summed E-state index contributed by atoms with van der Waals surface area (Å²) in [6.07, 6.45) is 4.02. The van der Waals surface area contributed by atoms with Crippen molar-refractivity contribution in [2.75, 3.05) is 18.3 Å². The molecule has 0 saturated heterocycles. The summed E-state index contributed by atoms with van der Waals surface area (Å²) in [6.45, 7) is 6.25. The Labute approximate surface area is 206 Å². The highest BCUT2D eigenvalue weighted by Gasteiger charge is 2.27. The third-order valence-corrected chi connectivity index (χ3v) is 6.87. The molecule has 1 aliphatic heterocycles. The molecule has 4 rings (SSSR count). The lowest BCUT2D eigenvalue weighted by atomic mass is 9.83. The predicted molar refractivity (Wildman–Crippen MR) is 139 cm³/mol. The second-order valence-corrected chi connectivity index (χ2v) is 12.2. The Balaban J connectivity index is 1.89. The maximum absolute atomic E-state index is 12.7. The minimum atomic E-state index is -3.12. The SMILES string of the molecule is COc1c(-c2ccc3cc(CS(C)(=O)=O)ccc3c2)cc(N2C=CC(=O)CC2=O)cc1C(C)(C)C. The van der Waals surface area contributed by atoms with Crippen LogP contribution in [0.5, 0.6) is 5.75 Å². The molecule has 0 aliphatic carbocycles. The lowest BCUT2D eigenvalue weighted by Gasteiger charge is -2.28. The number of benzene rings is 3. The molecule has 0 atom stereocenters. The molecule has 1 aliphatic rings. The number of nitrogens with zero attached hydrogens (tertiary/aromatic N) is 1. The van der Waals surface area contributed by atoms with Crippen LogP contribution in [-0.4, -0.2) is 33.5 Å². The molecular formula is C28H29NO5S. The molecule has 0 fully saturated rings. The smallest absolute Gasteiger partial charge is 0.238 e. The number of anilines is 1. The maximum atomic E-state index is 12.7. The third-order valence-electron chi connectivity index (χ3n) is 6.01. The number of amides is 1. The van der Waals surface area contributed by atoms with E-state index >= 15 is 0 Å². The number of allylic oxidation sites excluding steroid dienone is 1. The van der Waals surface area contributed by atoms with Gasteiger partial charge in [0, 0.05) is 29.3 Å². The van der Waals surface area contributed by atoms with Crippen molar-refractivity contribution in [3.63, 3.8) is 0 Å². The Bertz CT molecular complexity index is 1480. The van der Waals surface area contributed by atoms with Crippen LogP contribution in [0.4, 0.5) is 5.69 Å². The van der Waals surface area contributed by atoms with Gasteiger partial charge in [0.1, 0.15) is 5.75 Å². The number of sulfone groups is 1. The second kappa shape index (κ2) is 8.96. The van der Waals surface area contributed by atoms with Crippen LogP contribution in [0.2, 0.25) is 0 Å². The largest absolute Gasteiger partial charge is 0.496 e. The summed E-state index contributed by atoms with van der Waals surface area (Å²) in [5.74, 6) is 0.236. The van der Waals surface area contributed by atoms with Crippen LogP contribution in [-0.2, 0) is 30.6 Å². The molecule has 182 valence electrons. The van der Waals surface area contributed by atoms with Crippen LogP contribution in [0.3, 0.4) is 0 Å². The molecule has 1 heterocycles. The van der Waals surface area contributed by atoms with E-state index in [1.165, 1.54) is 23.4 Å². The van der Waals surface area contributed by atoms with Crippen molar-refractivity contribution < 1.29 is 22.7 Å². The van der Waals surface area contributed by atoms with Crippen molar-refractivity contribution >= 4 is 38.0 Å². The zero-order valence-electron chi connectivity index (χ0n) is 20.6. The highest BCUT2D eigenvalue weighted by molar-refractivity contribution is 7.89. The first-order chi connectivity index (χ1) is 16.4. The van der Waals surface area contributed by atoms with Crippen LogP contribution in [0.15, 0.2) is 60.8 Å². The predicted octanol–water partition coefficient (Wildman–Crippen LogP) is 5.18. The molecule has 0 unspecified atom stereocenters. The van der Waals surface area contributed by atoms with E-state index in [1.807, 2.05) is 48.5 Å². The molecule has 35 heavy (non-hydrogen) atoms. The van der Waals surface area contributed by atoms with Crippen molar-refractivity contribution in [3.8, 4) is 16.9 Å². The second-order valence-electron chi connectivity index (χ2n) is 10.0. The molecule has 0 radical (unpaired) electrons. The van der Waals surface area contributed by atoms with Gasteiger partial charge in [-0.2, -0.15) is 0 Å². The fourth-order valence-electron chi connectivity index (χ4n) is 4.36. The van der Waals surface area contributed by atoms with E-state index in [0.717, 1.165) is 38.8 Å². The fourth-order valence-corrected chi connectivity index (χ4v) is 5.15. The van der Waals surface area contributed by atoms with Crippen LogP contribution in [0.25, 0.3) is 21.9 Å². The summed E-state index contributed by atoms with van der Waals surface area (Å²) >= 11 is 0. The van der Waals surface area contributed by atoms with Crippen molar-refractivity contribution in [2.24, 2.45) is 0 Å². The first-order valence-electron chi connectivity index (χ1n) is 11.3. The minimum absolute atomic E-state index is 0.00458. The van der Waals surface area contributed by atoms with Crippen LogP contribution in [0, 0.1) is 0 Å². The number of carbonyl (C=O) groups excluding carboxylic acids is 2. The number of fused-ring (bicyclic) bond motifs is 1. The molecule has 0 spiro atoms. The maximum Gasteiger partial charge on any atom is 0.238 e. The van der Waals surface area contributed by atoms with Crippen molar-refractivity contribution in [2.45, 2.75) is 38.4 Å². The molecule has 3 aromatic carbocycles. The first kappa shape index (κ1) is 24.7. The highest BCUT2D eigenvalue weighted by atomic mass is 32.2. The van der Waals surface area contributed by atoms with Gasteiger partial charge in [-0.15, -0.1) is 0 Å². The number of rotatable bonds is 5. The van der Waals surface area contributed by atoms with E-state index < -0.39 is 9.84 Å². The van der Waals surface area contributed by atoms with Crippen LogP contribution in [0.1, 0.15) is 38.3 Å². The molecule has 7 heteroatoms. The van der Waals surface area contributed by atoms with Gasteiger partial charge in [0.25, 0.3) is 0 Å². The minimum Gasteiger partial charge on any atom is -0.496 e. The summed E-state index contributed by atoms with van der Waals surface area (Å²) in [6, 6.07) is 15.5. The third kappa shape index (κ3) is 5.30. The number of hydrogen-bond acceptors (Lipinski definition) is 5. The lowest BCUT2D eigenvalue weighted by Crippen LogP contribution is -2.31. The van der Waals surface area contributed by atoms with Gasteiger partial charge in [-0.05, 0) is 51.6 Å². The van der Waals surface area contributed by atoms with Crippen molar-refractivity contribution in [3.05, 3.63) is 71.9 Å².